The molecular weight excluding hydrogens is 271 g/mol. The molecule has 0 saturated carbocycles. The van der Waals surface area contributed by atoms with Crippen molar-refractivity contribution in [3.05, 3.63) is 27.8 Å². The van der Waals surface area contributed by atoms with E-state index in [1.165, 1.54) is 0 Å². The summed E-state index contributed by atoms with van der Waals surface area (Å²) in [4.78, 5) is 0. The van der Waals surface area contributed by atoms with Crippen LogP contribution in [-0.4, -0.2) is 19.3 Å². The lowest BCUT2D eigenvalue weighted by Gasteiger charge is -2.11. The van der Waals surface area contributed by atoms with Gasteiger partial charge in [-0.2, -0.15) is 0 Å². The molecule has 0 spiro atoms. The Bertz CT molecular complexity index is 483. The molecule has 3 nitrogen and oxygen atoms in total. The third-order valence-electron chi connectivity index (χ3n) is 2.41. The van der Waals surface area contributed by atoms with E-state index in [2.05, 4.69) is 0 Å². The third-order valence-corrected chi connectivity index (χ3v) is 3.96. The molecule has 0 radical (unpaired) electrons. The molecular formula is C10H12Cl2O3S. The lowest BCUT2D eigenvalue weighted by molar-refractivity contribution is 0.464. The van der Waals surface area contributed by atoms with Crippen LogP contribution in [0.5, 0.6) is 5.75 Å². The molecule has 0 aliphatic carbocycles. The molecule has 6 heteroatoms. The fraction of sp³-hybridized carbons (Fsp3) is 0.400. The zero-order chi connectivity index (χ0) is 12.5. The Morgan fingerprint density at radius 2 is 1.94 bits per heavy atom. The van der Waals surface area contributed by atoms with Crippen molar-refractivity contribution in [2.75, 3.05) is 5.75 Å². The second kappa shape index (κ2) is 4.82. The molecule has 0 fully saturated rings. The Hall–Kier alpha value is -0.450. The minimum Gasteiger partial charge on any atom is -0.507 e. The fourth-order valence-electron chi connectivity index (χ4n) is 1.46. The third kappa shape index (κ3) is 3.27. The maximum absolute atomic E-state index is 10.8. The van der Waals surface area contributed by atoms with Crippen LogP contribution in [0.2, 0.25) is 5.02 Å². The van der Waals surface area contributed by atoms with Crippen LogP contribution in [0.15, 0.2) is 6.07 Å². The van der Waals surface area contributed by atoms with Crippen LogP contribution in [0.25, 0.3) is 0 Å². The van der Waals surface area contributed by atoms with Gasteiger partial charge in [0.1, 0.15) is 5.75 Å². The molecule has 90 valence electrons. The molecule has 1 aromatic rings. The maximum Gasteiger partial charge on any atom is 0.232 e. The van der Waals surface area contributed by atoms with Crippen molar-refractivity contribution in [3.8, 4) is 5.75 Å². The molecule has 0 amide bonds. The Balaban J connectivity index is 3.13. The number of phenols is 1. The first-order chi connectivity index (χ1) is 7.22. The van der Waals surface area contributed by atoms with E-state index in [0.717, 1.165) is 0 Å². The summed E-state index contributed by atoms with van der Waals surface area (Å²) >= 11 is 5.95. The molecule has 16 heavy (non-hydrogen) atoms. The zero-order valence-electron chi connectivity index (χ0n) is 8.92. The summed E-state index contributed by atoms with van der Waals surface area (Å²) in [6, 6.07) is 1.64. The van der Waals surface area contributed by atoms with Crippen molar-refractivity contribution in [1.82, 2.24) is 0 Å². The number of rotatable bonds is 3. The van der Waals surface area contributed by atoms with Crippen LogP contribution in [0.4, 0.5) is 0 Å². The first-order valence-corrected chi connectivity index (χ1v) is 7.48. The van der Waals surface area contributed by atoms with E-state index in [1.807, 2.05) is 0 Å². The lowest BCUT2D eigenvalue weighted by Crippen LogP contribution is -2.03. The van der Waals surface area contributed by atoms with E-state index < -0.39 is 9.05 Å². The van der Waals surface area contributed by atoms with Gasteiger partial charge in [0.15, 0.2) is 0 Å². The number of phenolic OH excluding ortho intramolecular Hbond substituents is 1. The quantitative estimate of drug-likeness (QED) is 0.868. The lowest BCUT2D eigenvalue weighted by atomic mass is 10.0. The summed E-state index contributed by atoms with van der Waals surface area (Å²) in [6.07, 6.45) is 0.158. The van der Waals surface area contributed by atoms with Crippen molar-refractivity contribution < 1.29 is 13.5 Å². The molecule has 1 rings (SSSR count). The Morgan fingerprint density at radius 1 is 1.38 bits per heavy atom. The highest BCUT2D eigenvalue weighted by atomic mass is 35.7. The molecule has 0 aromatic heterocycles. The predicted molar refractivity (Wildman–Crippen MR) is 65.9 cm³/mol. The fourth-order valence-corrected chi connectivity index (χ4v) is 2.41. The van der Waals surface area contributed by atoms with Crippen molar-refractivity contribution in [1.29, 1.82) is 0 Å². The zero-order valence-corrected chi connectivity index (χ0v) is 11.2. The summed E-state index contributed by atoms with van der Waals surface area (Å²) in [6.45, 7) is 3.44. The van der Waals surface area contributed by atoms with Crippen molar-refractivity contribution in [2.45, 2.75) is 20.3 Å². The number of hydrogen-bond acceptors (Lipinski definition) is 3. The normalized spacial score (nSPS) is 11.8. The van der Waals surface area contributed by atoms with Crippen LogP contribution < -0.4 is 0 Å². The average molecular weight is 283 g/mol. The minimum absolute atomic E-state index is 0.0854. The monoisotopic (exact) mass is 282 g/mol. The van der Waals surface area contributed by atoms with E-state index in [4.69, 9.17) is 22.3 Å². The summed E-state index contributed by atoms with van der Waals surface area (Å²) < 4.78 is 21.7. The summed E-state index contributed by atoms with van der Waals surface area (Å²) in [5.74, 6) is -0.134. The van der Waals surface area contributed by atoms with Gasteiger partial charge in [0, 0.05) is 15.7 Å². The standard InChI is InChI=1S/C10H12Cl2O3S/c1-6-5-9(11)7(2)8(10(6)13)3-4-16(12,14)15/h5,13H,3-4H2,1-2H3. The molecule has 0 heterocycles. The largest absolute Gasteiger partial charge is 0.507 e. The van der Waals surface area contributed by atoms with Crippen molar-refractivity contribution >= 4 is 31.3 Å². The van der Waals surface area contributed by atoms with Gasteiger partial charge >= 0.3 is 0 Å². The van der Waals surface area contributed by atoms with Crippen LogP contribution in [-0.2, 0) is 15.5 Å². The number of aryl methyl sites for hydroxylation is 1. The minimum atomic E-state index is -3.56. The van der Waals surface area contributed by atoms with Crippen LogP contribution >= 0.6 is 22.3 Å². The van der Waals surface area contributed by atoms with Crippen LogP contribution in [0.3, 0.4) is 0 Å². The Kier molecular flexibility index (Phi) is 4.10. The molecule has 0 saturated heterocycles. The number of halogens is 2. The van der Waals surface area contributed by atoms with E-state index in [1.54, 1.807) is 19.9 Å². The molecule has 1 N–H and O–H groups in total. The molecule has 0 unspecified atom stereocenters. The number of benzene rings is 1. The number of hydrogen-bond donors (Lipinski definition) is 1. The molecule has 0 aliphatic heterocycles. The van der Waals surface area contributed by atoms with Gasteiger partial charge in [0.2, 0.25) is 9.05 Å². The van der Waals surface area contributed by atoms with Gasteiger partial charge in [-0.1, -0.05) is 11.6 Å². The van der Waals surface area contributed by atoms with E-state index in [9.17, 15) is 13.5 Å². The van der Waals surface area contributed by atoms with E-state index >= 15 is 0 Å². The van der Waals surface area contributed by atoms with Gasteiger partial charge in [-0.3, -0.25) is 0 Å². The first-order valence-electron chi connectivity index (χ1n) is 4.62. The van der Waals surface area contributed by atoms with Crippen LogP contribution in [0, 0.1) is 13.8 Å². The highest BCUT2D eigenvalue weighted by Crippen LogP contribution is 2.31. The van der Waals surface area contributed by atoms with E-state index in [-0.39, 0.29) is 17.9 Å². The first kappa shape index (κ1) is 13.6. The molecule has 1 aromatic carbocycles. The smallest absolute Gasteiger partial charge is 0.232 e. The highest BCUT2D eigenvalue weighted by Gasteiger charge is 2.14. The summed E-state index contributed by atoms with van der Waals surface area (Å²) in [7, 11) is 1.56. The van der Waals surface area contributed by atoms with Gasteiger partial charge in [0.05, 0.1) is 5.75 Å². The van der Waals surface area contributed by atoms with Gasteiger partial charge in [-0.15, -0.1) is 0 Å². The Morgan fingerprint density at radius 3 is 2.44 bits per heavy atom. The summed E-state index contributed by atoms with van der Waals surface area (Å²) in [5, 5.41) is 10.3. The van der Waals surface area contributed by atoms with Gasteiger partial charge in [-0.25, -0.2) is 8.42 Å². The second-order valence-corrected chi connectivity index (χ2v) is 6.92. The number of aromatic hydroxyl groups is 1. The second-order valence-electron chi connectivity index (χ2n) is 3.62. The molecule has 0 atom stereocenters. The SMILES string of the molecule is Cc1cc(Cl)c(C)c(CCS(=O)(=O)Cl)c1O. The van der Waals surface area contributed by atoms with Gasteiger partial charge in [-0.05, 0) is 43.0 Å². The predicted octanol–water partition coefficient (Wildman–Crippen LogP) is 2.77. The van der Waals surface area contributed by atoms with Crippen LogP contribution in [0.1, 0.15) is 16.7 Å². The maximum atomic E-state index is 10.8. The highest BCUT2D eigenvalue weighted by molar-refractivity contribution is 8.13. The topological polar surface area (TPSA) is 54.4 Å². The summed E-state index contributed by atoms with van der Waals surface area (Å²) in [5.41, 5.74) is 1.84. The molecule has 0 aliphatic rings. The van der Waals surface area contributed by atoms with Gasteiger partial charge < -0.3 is 5.11 Å². The Labute approximate surface area is 104 Å². The van der Waals surface area contributed by atoms with Crippen molar-refractivity contribution in [3.63, 3.8) is 0 Å². The molecule has 0 bridgehead atoms. The van der Waals surface area contributed by atoms with Crippen molar-refractivity contribution in [2.24, 2.45) is 0 Å². The van der Waals surface area contributed by atoms with Gasteiger partial charge in [0.25, 0.3) is 0 Å². The van der Waals surface area contributed by atoms with E-state index in [0.29, 0.717) is 21.7 Å². The average Bonchev–Trinajstić information content (AvgIpc) is 2.13.